The summed E-state index contributed by atoms with van der Waals surface area (Å²) in [6, 6.07) is 0. The number of halogens is 1. The van der Waals surface area contributed by atoms with Gasteiger partial charge in [-0.3, -0.25) is 4.79 Å². The Morgan fingerprint density at radius 1 is 1.71 bits per heavy atom. The fourth-order valence-electron chi connectivity index (χ4n) is 1.32. The molecule has 1 aliphatic rings. The molecule has 0 saturated heterocycles. The van der Waals surface area contributed by atoms with E-state index in [1.807, 2.05) is 0 Å². The summed E-state index contributed by atoms with van der Waals surface area (Å²) in [6.45, 7) is 3.83. The summed E-state index contributed by atoms with van der Waals surface area (Å²) in [5.74, 6) is 0.106. The SMILES string of the molecule is CC(=O)c1cnc(C(Br)C2(C)CC2)s1. The van der Waals surface area contributed by atoms with Gasteiger partial charge in [0.25, 0.3) is 0 Å². The molecule has 1 aromatic heterocycles. The average Bonchev–Trinajstić information content (AvgIpc) is 2.69. The van der Waals surface area contributed by atoms with Gasteiger partial charge in [-0.2, -0.15) is 0 Å². The zero-order valence-corrected chi connectivity index (χ0v) is 10.6. The molecule has 0 aromatic carbocycles. The smallest absolute Gasteiger partial charge is 0.171 e. The Labute approximate surface area is 95.9 Å². The van der Waals surface area contributed by atoms with Crippen LogP contribution >= 0.6 is 27.3 Å². The van der Waals surface area contributed by atoms with Gasteiger partial charge in [0.05, 0.1) is 9.70 Å². The van der Waals surface area contributed by atoms with Crippen LogP contribution in [0, 0.1) is 5.41 Å². The predicted molar refractivity (Wildman–Crippen MR) is 61.1 cm³/mol. The van der Waals surface area contributed by atoms with Crippen molar-refractivity contribution in [2.75, 3.05) is 0 Å². The van der Waals surface area contributed by atoms with Crippen LogP contribution < -0.4 is 0 Å². The molecule has 2 rings (SSSR count). The number of aromatic nitrogens is 1. The Hall–Kier alpha value is -0.220. The second kappa shape index (κ2) is 3.42. The van der Waals surface area contributed by atoms with Crippen molar-refractivity contribution in [2.45, 2.75) is 31.5 Å². The highest BCUT2D eigenvalue weighted by atomic mass is 79.9. The Morgan fingerprint density at radius 3 is 2.79 bits per heavy atom. The molecule has 0 amide bonds. The third-order valence-electron chi connectivity index (χ3n) is 2.74. The minimum absolute atomic E-state index is 0.106. The third-order valence-corrected chi connectivity index (χ3v) is 5.74. The molecule has 1 atom stereocenters. The maximum atomic E-state index is 11.1. The molecule has 1 unspecified atom stereocenters. The van der Waals surface area contributed by atoms with E-state index in [1.165, 1.54) is 24.2 Å². The maximum absolute atomic E-state index is 11.1. The monoisotopic (exact) mass is 273 g/mol. The number of carbonyl (C=O) groups is 1. The van der Waals surface area contributed by atoms with Gasteiger partial charge in [-0.05, 0) is 18.3 Å². The van der Waals surface area contributed by atoms with E-state index in [2.05, 4.69) is 27.8 Å². The van der Waals surface area contributed by atoms with E-state index in [4.69, 9.17) is 0 Å². The summed E-state index contributed by atoms with van der Waals surface area (Å²) < 4.78 is 0. The number of ketones is 1. The first-order valence-corrected chi connectivity index (χ1v) is 6.37. The largest absolute Gasteiger partial charge is 0.294 e. The number of nitrogens with zero attached hydrogens (tertiary/aromatic N) is 1. The van der Waals surface area contributed by atoms with E-state index in [1.54, 1.807) is 13.1 Å². The molecular formula is C10H12BrNOS. The average molecular weight is 274 g/mol. The van der Waals surface area contributed by atoms with Crippen LogP contribution in [0.15, 0.2) is 6.20 Å². The summed E-state index contributed by atoms with van der Waals surface area (Å²) in [4.78, 5) is 16.5. The molecule has 0 N–H and O–H groups in total. The zero-order chi connectivity index (χ0) is 10.3. The molecule has 1 aliphatic carbocycles. The first-order valence-electron chi connectivity index (χ1n) is 4.64. The van der Waals surface area contributed by atoms with Crippen molar-refractivity contribution < 1.29 is 4.79 Å². The molecule has 1 fully saturated rings. The van der Waals surface area contributed by atoms with E-state index >= 15 is 0 Å². The quantitative estimate of drug-likeness (QED) is 0.623. The summed E-state index contributed by atoms with van der Waals surface area (Å²) in [7, 11) is 0. The lowest BCUT2D eigenvalue weighted by Crippen LogP contribution is -2.02. The lowest BCUT2D eigenvalue weighted by molar-refractivity contribution is 0.102. The molecule has 0 aliphatic heterocycles. The Morgan fingerprint density at radius 2 is 2.36 bits per heavy atom. The molecule has 0 bridgehead atoms. The molecule has 1 aromatic rings. The van der Waals surface area contributed by atoms with Gasteiger partial charge in [0.1, 0.15) is 5.01 Å². The van der Waals surface area contributed by atoms with Gasteiger partial charge in [-0.25, -0.2) is 4.98 Å². The molecule has 0 spiro atoms. The van der Waals surface area contributed by atoms with Crippen LogP contribution in [0.1, 0.15) is 46.2 Å². The fourth-order valence-corrected chi connectivity index (χ4v) is 3.14. The summed E-state index contributed by atoms with van der Waals surface area (Å²) >= 11 is 5.18. The summed E-state index contributed by atoms with van der Waals surface area (Å²) in [6.07, 6.45) is 4.18. The highest BCUT2D eigenvalue weighted by Gasteiger charge is 2.45. The van der Waals surface area contributed by atoms with Gasteiger partial charge in [0.15, 0.2) is 5.78 Å². The highest BCUT2D eigenvalue weighted by molar-refractivity contribution is 9.09. The van der Waals surface area contributed by atoms with E-state index in [0.717, 1.165) is 9.88 Å². The topological polar surface area (TPSA) is 30.0 Å². The maximum Gasteiger partial charge on any atom is 0.171 e. The highest BCUT2D eigenvalue weighted by Crippen LogP contribution is 2.58. The van der Waals surface area contributed by atoms with Crippen LogP contribution in [0.2, 0.25) is 0 Å². The van der Waals surface area contributed by atoms with Crippen molar-refractivity contribution in [1.82, 2.24) is 4.98 Å². The van der Waals surface area contributed by atoms with Gasteiger partial charge in [0, 0.05) is 13.1 Å². The van der Waals surface area contributed by atoms with E-state index in [0.29, 0.717) is 10.2 Å². The van der Waals surface area contributed by atoms with Gasteiger partial charge in [0.2, 0.25) is 0 Å². The number of hydrogen-bond donors (Lipinski definition) is 0. The molecule has 76 valence electrons. The van der Waals surface area contributed by atoms with Gasteiger partial charge in [-0.1, -0.05) is 22.9 Å². The molecule has 0 radical (unpaired) electrons. The van der Waals surface area contributed by atoms with Crippen molar-refractivity contribution in [3.8, 4) is 0 Å². The third kappa shape index (κ3) is 1.77. The first kappa shape index (κ1) is 10.3. The minimum Gasteiger partial charge on any atom is -0.294 e. The molecule has 1 saturated carbocycles. The number of alkyl halides is 1. The number of carbonyl (C=O) groups excluding carboxylic acids is 1. The predicted octanol–water partition coefficient (Wildman–Crippen LogP) is 3.58. The van der Waals surface area contributed by atoms with Crippen molar-refractivity contribution in [3.63, 3.8) is 0 Å². The minimum atomic E-state index is 0.106. The van der Waals surface area contributed by atoms with Gasteiger partial charge < -0.3 is 0 Å². The molecule has 4 heteroatoms. The van der Waals surface area contributed by atoms with Crippen LogP contribution in [0.5, 0.6) is 0 Å². The number of Topliss-reactive ketones (excluding diaryl/α,β-unsaturated/α-hetero) is 1. The van der Waals surface area contributed by atoms with Crippen molar-refractivity contribution in [2.24, 2.45) is 5.41 Å². The second-order valence-electron chi connectivity index (χ2n) is 4.14. The first-order chi connectivity index (χ1) is 6.53. The van der Waals surface area contributed by atoms with E-state index < -0.39 is 0 Å². The number of hydrogen-bond acceptors (Lipinski definition) is 3. The van der Waals surface area contributed by atoms with Crippen molar-refractivity contribution >= 4 is 33.0 Å². The Bertz CT molecular complexity index is 370. The summed E-state index contributed by atoms with van der Waals surface area (Å²) in [5, 5.41) is 1.04. The molecule has 2 nitrogen and oxygen atoms in total. The lowest BCUT2D eigenvalue weighted by atomic mass is 10.1. The van der Waals surface area contributed by atoms with Gasteiger partial charge in [-0.15, -0.1) is 11.3 Å². The second-order valence-corrected chi connectivity index (χ2v) is 6.11. The molecule has 1 heterocycles. The van der Waals surface area contributed by atoms with Crippen LogP contribution in [-0.4, -0.2) is 10.8 Å². The Kier molecular flexibility index (Phi) is 2.52. The van der Waals surface area contributed by atoms with Crippen LogP contribution in [-0.2, 0) is 0 Å². The number of thiazole rings is 1. The van der Waals surface area contributed by atoms with E-state index in [9.17, 15) is 4.79 Å². The van der Waals surface area contributed by atoms with Gasteiger partial charge >= 0.3 is 0 Å². The van der Waals surface area contributed by atoms with Crippen molar-refractivity contribution in [3.05, 3.63) is 16.1 Å². The normalized spacial score (nSPS) is 20.5. The van der Waals surface area contributed by atoms with Crippen LogP contribution in [0.4, 0.5) is 0 Å². The number of rotatable bonds is 3. The lowest BCUT2D eigenvalue weighted by Gasteiger charge is -2.13. The summed E-state index contributed by atoms with van der Waals surface area (Å²) in [5.41, 5.74) is 0.367. The van der Waals surface area contributed by atoms with E-state index in [-0.39, 0.29) is 5.78 Å². The van der Waals surface area contributed by atoms with Crippen molar-refractivity contribution in [1.29, 1.82) is 0 Å². The zero-order valence-electron chi connectivity index (χ0n) is 8.21. The fraction of sp³-hybridized carbons (Fsp3) is 0.600. The molecule has 14 heavy (non-hydrogen) atoms. The standard InChI is InChI=1S/C10H12BrNOS/c1-6(13)7-5-12-9(14-7)8(11)10(2)3-4-10/h5,8H,3-4H2,1-2H3. The molecular weight excluding hydrogens is 262 g/mol. The van der Waals surface area contributed by atoms with Crippen LogP contribution in [0.25, 0.3) is 0 Å². The van der Waals surface area contributed by atoms with Crippen LogP contribution in [0.3, 0.4) is 0 Å². The Balaban J connectivity index is 2.20.